The summed E-state index contributed by atoms with van der Waals surface area (Å²) in [6.45, 7) is 3.40. The molecule has 0 aliphatic carbocycles. The molecular weight excluding hydrogens is 259 g/mol. The van der Waals surface area contributed by atoms with Crippen LogP contribution in [0.15, 0.2) is 0 Å². The van der Waals surface area contributed by atoms with E-state index in [9.17, 15) is 4.79 Å². The van der Waals surface area contributed by atoms with E-state index in [1.54, 1.807) is 13.8 Å². The summed E-state index contributed by atoms with van der Waals surface area (Å²) in [7, 11) is 2.50. The summed E-state index contributed by atoms with van der Waals surface area (Å²) in [6.07, 6.45) is -2.33. The molecule has 2 fully saturated rings. The molecule has 0 aromatic carbocycles. The minimum Gasteiger partial charge on any atom is -0.375 e. The van der Waals surface area contributed by atoms with E-state index in [1.165, 1.54) is 7.11 Å². The lowest BCUT2D eigenvalue weighted by Crippen LogP contribution is -2.41. The first-order chi connectivity index (χ1) is 8.98. The molecule has 1 radical (unpaired) electrons. The Balaban J connectivity index is 1.95. The fourth-order valence-corrected chi connectivity index (χ4v) is 2.35. The number of hydrogen-bond donors (Lipinski definition) is 0. The van der Waals surface area contributed by atoms with Crippen molar-refractivity contribution in [1.29, 1.82) is 1.34 Å². The van der Waals surface area contributed by atoms with Crippen LogP contribution in [0.2, 0.25) is 0 Å². The summed E-state index contributed by atoms with van der Waals surface area (Å²) in [6, 6.07) is 0. The van der Waals surface area contributed by atoms with Crippen LogP contribution in [-0.4, -0.2) is 58.3 Å². The number of ether oxygens (including phenoxy) is 4. The van der Waals surface area contributed by atoms with E-state index in [4.69, 9.17) is 24.5 Å². The van der Waals surface area contributed by atoms with Crippen LogP contribution >= 0.6 is 11.9 Å². The highest BCUT2D eigenvalue weighted by atomic mass is 32.2. The van der Waals surface area contributed by atoms with Crippen molar-refractivity contribution in [2.75, 3.05) is 13.7 Å². The van der Waals surface area contributed by atoms with Crippen molar-refractivity contribution in [2.24, 2.45) is 0 Å². The van der Waals surface area contributed by atoms with Crippen molar-refractivity contribution in [1.82, 2.24) is 0 Å². The molecule has 2 heterocycles. The molecule has 0 amide bonds. The molecule has 6 nitrogen and oxygen atoms in total. The first-order valence-electron chi connectivity index (χ1n) is 6.11. The molecule has 2 aliphatic heterocycles. The highest BCUT2D eigenvalue weighted by molar-refractivity contribution is 8.15. The zero-order valence-electron chi connectivity index (χ0n) is 11.5. The van der Waals surface area contributed by atoms with Gasteiger partial charge in [-0.05, 0) is 15.2 Å². The molecule has 0 aromatic heterocycles. The summed E-state index contributed by atoms with van der Waals surface area (Å²) < 4.78 is 33.8. The second-order valence-electron chi connectivity index (χ2n) is 4.55. The maximum atomic E-state index is 12.0. The van der Waals surface area contributed by atoms with Crippen molar-refractivity contribution in [3.63, 3.8) is 0 Å². The third-order valence-corrected chi connectivity index (χ3v) is 3.10. The highest BCUT2D eigenvalue weighted by Crippen LogP contribution is 2.38. The molecule has 0 bridgehead atoms. The van der Waals surface area contributed by atoms with Crippen LogP contribution in [0.1, 0.15) is 13.8 Å². The number of fused-ring (bicyclic) bond motifs is 1. The summed E-state index contributed by atoms with van der Waals surface area (Å²) in [5, 5.41) is 0. The topological polar surface area (TPSA) is 63.2 Å². The third-order valence-electron chi connectivity index (χ3n) is 2.85. The van der Waals surface area contributed by atoms with Crippen molar-refractivity contribution >= 4 is 24.8 Å². The van der Waals surface area contributed by atoms with Gasteiger partial charge in [0.15, 0.2) is 24.0 Å². The zero-order chi connectivity index (χ0) is 14.0. The summed E-state index contributed by atoms with van der Waals surface area (Å²) in [5.74, 6) is -1.01. The Bertz CT molecular complexity index is 344. The first-order valence-corrected chi connectivity index (χ1v) is 6.34. The van der Waals surface area contributed by atoms with E-state index in [0.717, 1.165) is 19.0 Å². The van der Waals surface area contributed by atoms with Crippen LogP contribution in [0.3, 0.4) is 0 Å². The number of carbonyl (C=O) groups is 1. The number of hydrogen-bond acceptors (Lipinski definition) is 7. The van der Waals surface area contributed by atoms with Crippen molar-refractivity contribution in [3.8, 4) is 0 Å². The van der Waals surface area contributed by atoms with Crippen LogP contribution in [0.5, 0.6) is 0 Å². The molecule has 2 saturated heterocycles. The normalized spacial score (nSPS) is 38.3. The SMILES string of the molecule is [3H][B]SOCC(=O)[C@H]1O[C@@H]2OC(C)(C)OC2[C@@H]1OC. The molecule has 2 rings (SSSR count). The molecule has 0 saturated carbocycles. The van der Waals surface area contributed by atoms with Crippen LogP contribution in [0.4, 0.5) is 0 Å². The van der Waals surface area contributed by atoms with E-state index >= 15 is 0 Å². The molecule has 18 heavy (non-hydrogen) atoms. The maximum Gasteiger partial charge on any atom is 0.209 e. The quantitative estimate of drug-likeness (QED) is 0.382. The van der Waals surface area contributed by atoms with Gasteiger partial charge in [-0.3, -0.25) is 4.79 Å². The molecule has 0 N–H and O–H groups in total. The van der Waals surface area contributed by atoms with Gasteiger partial charge in [-0.15, -0.1) is 0 Å². The molecule has 1 unspecified atom stereocenters. The van der Waals surface area contributed by atoms with Gasteiger partial charge in [0.1, 0.15) is 18.8 Å². The minimum absolute atomic E-state index is 0.159. The van der Waals surface area contributed by atoms with E-state index in [2.05, 4.69) is 0 Å². The molecular formula is C10H16BO6S. The Kier molecular flexibility index (Phi) is 3.93. The fourth-order valence-electron chi connectivity index (χ4n) is 2.17. The summed E-state index contributed by atoms with van der Waals surface area (Å²) >= 11 is 0.787. The lowest BCUT2D eigenvalue weighted by atomic mass is 10.1. The van der Waals surface area contributed by atoms with Crippen molar-refractivity contribution < 1.29 is 27.9 Å². The molecule has 101 valence electrons. The summed E-state index contributed by atoms with van der Waals surface area (Å²) in [4.78, 5) is 12.0. The predicted molar refractivity (Wildman–Crippen MR) is 65.2 cm³/mol. The standard InChI is InChI=1S/C10H16BO6S/c1-10(2)16-8-7(13-3)6(15-9(8)17-10)5(12)4-14-18-11/h6-9,11H,4H2,1-3H3/t6-,7-,8?,9-/m1/s1/i11T. The van der Waals surface area contributed by atoms with Crippen LogP contribution in [0, 0.1) is 0 Å². The Labute approximate surface area is 112 Å². The van der Waals surface area contributed by atoms with Crippen LogP contribution in [-0.2, 0) is 27.9 Å². The van der Waals surface area contributed by atoms with Crippen LogP contribution < -0.4 is 0 Å². The number of carbonyl (C=O) groups excluding carboxylic acids is 1. The van der Waals surface area contributed by atoms with Gasteiger partial charge in [0, 0.05) is 7.11 Å². The van der Waals surface area contributed by atoms with Gasteiger partial charge in [0.25, 0.3) is 0 Å². The van der Waals surface area contributed by atoms with E-state index < -0.39 is 30.4 Å². The number of Topliss-reactive ketones (excluding diaryl/α,β-unsaturated/α-hetero) is 1. The Morgan fingerprint density at radius 1 is 1.56 bits per heavy atom. The second kappa shape index (κ2) is 5.48. The minimum atomic E-state index is -0.776. The molecule has 4 atom stereocenters. The first kappa shape index (κ1) is 12.9. The van der Waals surface area contributed by atoms with Gasteiger partial charge in [-0.25, -0.2) is 0 Å². The van der Waals surface area contributed by atoms with Crippen LogP contribution in [0.25, 0.3) is 0 Å². The van der Waals surface area contributed by atoms with Gasteiger partial charge >= 0.3 is 0 Å². The Hall–Kier alpha value is -0.115. The van der Waals surface area contributed by atoms with Crippen molar-refractivity contribution in [3.05, 3.63) is 0 Å². The molecule has 8 heteroatoms. The Morgan fingerprint density at radius 2 is 2.33 bits per heavy atom. The zero-order valence-corrected chi connectivity index (χ0v) is 11.3. The smallest absolute Gasteiger partial charge is 0.209 e. The van der Waals surface area contributed by atoms with Gasteiger partial charge in [-0.2, -0.15) is 0 Å². The average molecular weight is 277 g/mol. The van der Waals surface area contributed by atoms with Gasteiger partial charge in [-0.1, -0.05) is 11.9 Å². The van der Waals surface area contributed by atoms with Gasteiger partial charge in [0.05, 0.1) is 0 Å². The van der Waals surface area contributed by atoms with E-state index in [1.807, 2.05) is 0 Å². The lowest BCUT2D eigenvalue weighted by Gasteiger charge is -2.24. The number of ketones is 1. The fraction of sp³-hybridized carbons (Fsp3) is 0.900. The third kappa shape index (κ3) is 2.73. The maximum absolute atomic E-state index is 12.0. The molecule has 0 spiro atoms. The monoisotopic (exact) mass is 277 g/mol. The average Bonchev–Trinajstić information content (AvgIpc) is 2.80. The Morgan fingerprint density at radius 3 is 3.00 bits per heavy atom. The van der Waals surface area contributed by atoms with Gasteiger partial charge < -0.3 is 23.1 Å². The second-order valence-corrected chi connectivity index (χ2v) is 4.98. The largest absolute Gasteiger partial charge is 0.375 e. The number of methoxy groups -OCH3 is 1. The number of rotatable bonds is 6. The molecule has 0 aromatic rings. The van der Waals surface area contributed by atoms with E-state index in [0.29, 0.717) is 0 Å². The molecule has 2 aliphatic rings. The highest BCUT2D eigenvalue weighted by Gasteiger charge is 2.56. The van der Waals surface area contributed by atoms with E-state index in [-0.39, 0.29) is 12.4 Å². The predicted octanol–water partition coefficient (Wildman–Crippen LogP) is -0.0725. The lowest BCUT2D eigenvalue weighted by molar-refractivity contribution is -0.216. The summed E-state index contributed by atoms with van der Waals surface area (Å²) in [5.41, 5.74) is 0. The van der Waals surface area contributed by atoms with Crippen molar-refractivity contribution in [2.45, 2.75) is 44.2 Å². The van der Waals surface area contributed by atoms with Gasteiger partial charge in [0.2, 0.25) is 7.09 Å².